The number of hydrogen-bond donors (Lipinski definition) is 0. The molecule has 0 aromatic rings. The lowest BCUT2D eigenvalue weighted by atomic mass is 10.2. The Kier molecular flexibility index (Phi) is 2.69. The first kappa shape index (κ1) is 7.31. The Hall–Kier alpha value is 0.310. The van der Waals surface area contributed by atoms with Crippen LogP contribution in [-0.4, -0.2) is 17.6 Å². The van der Waals surface area contributed by atoms with Gasteiger partial charge in [0.25, 0.3) is 0 Å². The molecule has 0 amide bonds. The van der Waals surface area contributed by atoms with Crippen LogP contribution in [0.5, 0.6) is 0 Å². The van der Waals surface area contributed by atoms with E-state index in [1.54, 1.807) is 25.6 Å². The van der Waals surface area contributed by atoms with Crippen LogP contribution in [0.4, 0.5) is 0 Å². The third-order valence-electron chi connectivity index (χ3n) is 0.492. The van der Waals surface area contributed by atoms with Gasteiger partial charge in [-0.05, 0) is 20.1 Å². The number of hydrogen-bond acceptors (Lipinski definition) is 1. The topological polar surface area (TPSA) is 19.9 Å². The molecule has 1 nitrogen and oxygen atoms in total. The Morgan fingerprint density at radius 3 is 2.00 bits per heavy atom. The van der Waals surface area contributed by atoms with Crippen molar-refractivity contribution in [2.75, 3.05) is 12.0 Å². The second-order valence-corrected chi connectivity index (χ2v) is 3.06. The van der Waals surface area contributed by atoms with Gasteiger partial charge >= 0.3 is 0 Å². The van der Waals surface area contributed by atoms with Crippen LogP contribution in [-0.2, 0) is 5.11 Å². The molecule has 0 unspecified atom stereocenters. The highest BCUT2D eigenvalue weighted by Gasteiger charge is 2.12. The normalized spacial score (nSPS) is 12.0. The molecule has 0 spiro atoms. The minimum Gasteiger partial charge on any atom is -0.229 e. The molecular formula is C5H11OS. The fourth-order valence-corrected chi connectivity index (χ4v) is 1.04. The van der Waals surface area contributed by atoms with Crippen molar-refractivity contribution in [3.8, 4) is 0 Å². The predicted molar refractivity (Wildman–Crippen MR) is 33.1 cm³/mol. The zero-order chi connectivity index (χ0) is 5.91. The van der Waals surface area contributed by atoms with E-state index in [-0.39, 0.29) is 0 Å². The standard InChI is InChI=1S/C5H11OS/c1-5(2,6)4-7-3/h4H2,1-3H3. The summed E-state index contributed by atoms with van der Waals surface area (Å²) in [6.45, 7) is 3.40. The molecule has 0 aromatic carbocycles. The average Bonchev–Trinajstić information content (AvgIpc) is 1.30. The van der Waals surface area contributed by atoms with Crippen LogP contribution in [0.3, 0.4) is 0 Å². The summed E-state index contributed by atoms with van der Waals surface area (Å²) in [4.78, 5) is 0. The molecule has 0 atom stereocenters. The smallest absolute Gasteiger partial charge is 0.107 e. The molecule has 0 aromatic heterocycles. The van der Waals surface area contributed by atoms with Gasteiger partial charge in [-0.2, -0.15) is 11.8 Å². The van der Waals surface area contributed by atoms with Crippen LogP contribution in [0.2, 0.25) is 0 Å². The summed E-state index contributed by atoms with van der Waals surface area (Å²) >= 11 is 1.60. The molecule has 0 bridgehead atoms. The van der Waals surface area contributed by atoms with E-state index in [4.69, 9.17) is 0 Å². The summed E-state index contributed by atoms with van der Waals surface area (Å²) in [5.41, 5.74) is -0.737. The van der Waals surface area contributed by atoms with E-state index < -0.39 is 5.60 Å². The van der Waals surface area contributed by atoms with Crippen LogP contribution in [0.1, 0.15) is 13.8 Å². The Morgan fingerprint density at radius 2 is 2.00 bits per heavy atom. The van der Waals surface area contributed by atoms with Crippen LogP contribution in [0, 0.1) is 0 Å². The van der Waals surface area contributed by atoms with Gasteiger partial charge in [0.05, 0.1) is 0 Å². The first-order valence-corrected chi connectivity index (χ1v) is 3.65. The zero-order valence-electron chi connectivity index (χ0n) is 5.02. The molecule has 1 radical (unpaired) electrons. The van der Waals surface area contributed by atoms with Crippen molar-refractivity contribution in [2.45, 2.75) is 19.4 Å². The lowest BCUT2D eigenvalue weighted by molar-refractivity contribution is 0.0264. The molecule has 0 saturated heterocycles. The zero-order valence-corrected chi connectivity index (χ0v) is 5.84. The van der Waals surface area contributed by atoms with Gasteiger partial charge in [-0.3, -0.25) is 0 Å². The maximum Gasteiger partial charge on any atom is 0.107 e. The van der Waals surface area contributed by atoms with E-state index in [9.17, 15) is 5.11 Å². The summed E-state index contributed by atoms with van der Waals surface area (Å²) in [7, 11) is 0. The SMILES string of the molecule is CSCC(C)(C)[O]. The van der Waals surface area contributed by atoms with E-state index in [1.807, 2.05) is 6.26 Å². The molecule has 0 N–H and O–H groups in total. The van der Waals surface area contributed by atoms with Crippen molar-refractivity contribution in [3.63, 3.8) is 0 Å². The van der Waals surface area contributed by atoms with Crippen LogP contribution >= 0.6 is 11.8 Å². The summed E-state index contributed by atoms with van der Waals surface area (Å²) in [5, 5.41) is 10.7. The lowest BCUT2D eigenvalue weighted by Gasteiger charge is -2.09. The van der Waals surface area contributed by atoms with Crippen LogP contribution in [0.15, 0.2) is 0 Å². The third kappa shape index (κ3) is 6.31. The first-order valence-electron chi connectivity index (χ1n) is 2.25. The molecule has 0 saturated carbocycles. The first-order chi connectivity index (χ1) is 3.06. The monoisotopic (exact) mass is 119 g/mol. The van der Waals surface area contributed by atoms with Gasteiger partial charge in [0.2, 0.25) is 0 Å². The Balaban J connectivity index is 3.15. The number of thioether (sulfide) groups is 1. The summed E-state index contributed by atoms with van der Waals surface area (Å²) in [6.07, 6.45) is 1.94. The molecule has 7 heavy (non-hydrogen) atoms. The molecular weight excluding hydrogens is 108 g/mol. The van der Waals surface area contributed by atoms with E-state index in [2.05, 4.69) is 0 Å². The third-order valence-corrected chi connectivity index (χ3v) is 1.48. The minimum atomic E-state index is -0.737. The van der Waals surface area contributed by atoms with Crippen molar-refractivity contribution >= 4 is 11.8 Å². The summed E-state index contributed by atoms with van der Waals surface area (Å²) < 4.78 is 0. The fraction of sp³-hybridized carbons (Fsp3) is 1.00. The summed E-state index contributed by atoms with van der Waals surface area (Å²) in [5.74, 6) is 0.701. The molecule has 0 heterocycles. The molecule has 0 aliphatic carbocycles. The van der Waals surface area contributed by atoms with E-state index in [1.165, 1.54) is 0 Å². The van der Waals surface area contributed by atoms with Gasteiger partial charge in [0, 0.05) is 5.75 Å². The van der Waals surface area contributed by atoms with E-state index in [0.717, 1.165) is 0 Å². The van der Waals surface area contributed by atoms with Gasteiger partial charge in [0.1, 0.15) is 5.60 Å². The molecule has 0 fully saturated rings. The largest absolute Gasteiger partial charge is 0.229 e. The van der Waals surface area contributed by atoms with Gasteiger partial charge in [-0.25, -0.2) is 5.11 Å². The second-order valence-electron chi connectivity index (χ2n) is 2.19. The molecule has 43 valence electrons. The van der Waals surface area contributed by atoms with Crippen molar-refractivity contribution < 1.29 is 5.11 Å². The van der Waals surface area contributed by atoms with Crippen molar-refractivity contribution in [1.82, 2.24) is 0 Å². The minimum absolute atomic E-state index is 0.701. The highest BCUT2D eigenvalue weighted by atomic mass is 32.2. The average molecular weight is 119 g/mol. The maximum absolute atomic E-state index is 10.7. The Bertz CT molecular complexity index is 46.5. The predicted octanol–water partition coefficient (Wildman–Crippen LogP) is 1.56. The van der Waals surface area contributed by atoms with E-state index >= 15 is 0 Å². The van der Waals surface area contributed by atoms with Crippen LogP contribution < -0.4 is 0 Å². The molecule has 2 heteroatoms. The highest BCUT2D eigenvalue weighted by molar-refractivity contribution is 7.98. The molecule has 0 aliphatic heterocycles. The highest BCUT2D eigenvalue weighted by Crippen LogP contribution is 2.08. The van der Waals surface area contributed by atoms with Gasteiger partial charge < -0.3 is 0 Å². The van der Waals surface area contributed by atoms with Crippen molar-refractivity contribution in [1.29, 1.82) is 0 Å². The fourth-order valence-electron chi connectivity index (χ4n) is 0.348. The van der Waals surface area contributed by atoms with Crippen LogP contribution in [0.25, 0.3) is 0 Å². The lowest BCUT2D eigenvalue weighted by Crippen LogP contribution is -2.19. The van der Waals surface area contributed by atoms with Gasteiger partial charge in [0.15, 0.2) is 0 Å². The molecule has 0 aliphatic rings. The Morgan fingerprint density at radius 1 is 1.57 bits per heavy atom. The van der Waals surface area contributed by atoms with Gasteiger partial charge in [-0.1, -0.05) is 0 Å². The second kappa shape index (κ2) is 2.58. The van der Waals surface area contributed by atoms with Crippen molar-refractivity contribution in [2.24, 2.45) is 0 Å². The quantitative estimate of drug-likeness (QED) is 0.540. The maximum atomic E-state index is 10.7. The van der Waals surface area contributed by atoms with Gasteiger partial charge in [-0.15, -0.1) is 0 Å². The number of rotatable bonds is 2. The van der Waals surface area contributed by atoms with E-state index in [0.29, 0.717) is 5.75 Å². The summed E-state index contributed by atoms with van der Waals surface area (Å²) in [6, 6.07) is 0. The Labute approximate surface area is 49.1 Å². The molecule has 0 rings (SSSR count). The van der Waals surface area contributed by atoms with Crippen molar-refractivity contribution in [3.05, 3.63) is 0 Å².